The predicted molar refractivity (Wildman–Crippen MR) is 65.9 cm³/mol. The lowest BCUT2D eigenvalue weighted by atomic mass is 10.1. The van der Waals surface area contributed by atoms with Gasteiger partial charge in [-0.2, -0.15) is 0 Å². The van der Waals surface area contributed by atoms with Crippen molar-refractivity contribution >= 4 is 16.6 Å². The fourth-order valence-electron chi connectivity index (χ4n) is 1.79. The fraction of sp³-hybridized carbons (Fsp3) is 0.167. The number of aromatic nitrogens is 1. The number of nitrogen functional groups attached to an aromatic ring is 1. The quantitative estimate of drug-likeness (QED) is 0.620. The van der Waals surface area contributed by atoms with Gasteiger partial charge in [-0.3, -0.25) is 10.4 Å². The number of fused-ring (bicyclic) bond motifs is 1. The lowest BCUT2D eigenvalue weighted by molar-refractivity contribution is 0.358. The first kappa shape index (κ1) is 11.2. The van der Waals surface area contributed by atoms with Crippen LogP contribution in [0.3, 0.4) is 0 Å². The first-order chi connectivity index (χ1) is 8.19. The van der Waals surface area contributed by atoms with Crippen LogP contribution in [0.4, 0.5) is 0 Å². The Labute approximate surface area is 98.7 Å². The van der Waals surface area contributed by atoms with E-state index >= 15 is 0 Å². The SMILES string of the molecule is COc1ccc2c(C(=N)N)nccc2c1OC. The number of hydrogen-bond acceptors (Lipinski definition) is 4. The number of hydrogen-bond donors (Lipinski definition) is 2. The molecule has 2 aromatic rings. The van der Waals surface area contributed by atoms with Crippen molar-refractivity contribution in [3.63, 3.8) is 0 Å². The summed E-state index contributed by atoms with van der Waals surface area (Å²) in [6.45, 7) is 0. The van der Waals surface area contributed by atoms with Crippen LogP contribution in [0.15, 0.2) is 24.4 Å². The third-order valence-electron chi connectivity index (χ3n) is 2.54. The molecule has 0 spiro atoms. The van der Waals surface area contributed by atoms with Crippen molar-refractivity contribution in [2.24, 2.45) is 5.73 Å². The molecule has 0 unspecified atom stereocenters. The van der Waals surface area contributed by atoms with Crippen LogP contribution in [0, 0.1) is 5.41 Å². The van der Waals surface area contributed by atoms with Gasteiger partial charge in [-0.25, -0.2) is 0 Å². The van der Waals surface area contributed by atoms with Crippen LogP contribution in [0.25, 0.3) is 10.8 Å². The van der Waals surface area contributed by atoms with Crippen LogP contribution >= 0.6 is 0 Å². The zero-order chi connectivity index (χ0) is 12.4. The van der Waals surface area contributed by atoms with Crippen LogP contribution in [-0.2, 0) is 0 Å². The highest BCUT2D eigenvalue weighted by atomic mass is 16.5. The Hall–Kier alpha value is -2.30. The molecular weight excluding hydrogens is 218 g/mol. The van der Waals surface area contributed by atoms with E-state index in [-0.39, 0.29) is 5.84 Å². The van der Waals surface area contributed by atoms with Crippen LogP contribution < -0.4 is 15.2 Å². The van der Waals surface area contributed by atoms with E-state index in [1.807, 2.05) is 12.1 Å². The third kappa shape index (κ3) is 1.75. The van der Waals surface area contributed by atoms with Gasteiger partial charge in [0.2, 0.25) is 0 Å². The molecule has 5 heteroatoms. The molecule has 1 heterocycles. The van der Waals surface area contributed by atoms with Gasteiger partial charge in [0, 0.05) is 17.0 Å². The summed E-state index contributed by atoms with van der Waals surface area (Å²) < 4.78 is 10.5. The standard InChI is InChI=1S/C12H13N3O2/c1-16-9-4-3-7-8(11(9)17-2)5-6-15-10(7)12(13)14/h3-6H,1-2H3,(H3,13,14). The van der Waals surface area contributed by atoms with Crippen molar-refractivity contribution in [2.45, 2.75) is 0 Å². The molecule has 0 aliphatic rings. The zero-order valence-electron chi connectivity index (χ0n) is 9.65. The third-order valence-corrected chi connectivity index (χ3v) is 2.54. The van der Waals surface area contributed by atoms with E-state index in [0.29, 0.717) is 17.2 Å². The average molecular weight is 231 g/mol. The predicted octanol–water partition coefficient (Wildman–Crippen LogP) is 1.54. The Morgan fingerprint density at radius 2 is 1.94 bits per heavy atom. The van der Waals surface area contributed by atoms with Crippen LogP contribution in [-0.4, -0.2) is 25.0 Å². The molecular formula is C12H13N3O2. The second-order valence-electron chi connectivity index (χ2n) is 3.47. The van der Waals surface area contributed by atoms with E-state index in [1.165, 1.54) is 0 Å². The molecule has 0 bridgehead atoms. The van der Waals surface area contributed by atoms with Gasteiger partial charge in [0.25, 0.3) is 0 Å². The molecule has 1 aromatic carbocycles. The second kappa shape index (κ2) is 4.29. The largest absolute Gasteiger partial charge is 0.493 e. The molecule has 0 saturated heterocycles. The maximum atomic E-state index is 7.49. The number of amidine groups is 1. The number of pyridine rings is 1. The first-order valence-electron chi connectivity index (χ1n) is 5.03. The Bertz CT molecular complexity index is 581. The summed E-state index contributed by atoms with van der Waals surface area (Å²) in [6.07, 6.45) is 1.60. The number of nitrogens with two attached hydrogens (primary N) is 1. The van der Waals surface area contributed by atoms with Gasteiger partial charge >= 0.3 is 0 Å². The van der Waals surface area contributed by atoms with Crippen molar-refractivity contribution in [1.29, 1.82) is 5.41 Å². The van der Waals surface area contributed by atoms with Gasteiger partial charge in [0.05, 0.1) is 14.2 Å². The van der Waals surface area contributed by atoms with Crippen molar-refractivity contribution in [3.8, 4) is 11.5 Å². The Kier molecular flexibility index (Phi) is 2.82. The Morgan fingerprint density at radius 3 is 2.53 bits per heavy atom. The van der Waals surface area contributed by atoms with E-state index in [2.05, 4.69) is 4.98 Å². The van der Waals surface area contributed by atoms with Gasteiger partial charge in [-0.15, -0.1) is 0 Å². The van der Waals surface area contributed by atoms with E-state index in [9.17, 15) is 0 Å². The Balaban J connectivity index is 2.83. The molecule has 17 heavy (non-hydrogen) atoms. The molecule has 0 aliphatic carbocycles. The second-order valence-corrected chi connectivity index (χ2v) is 3.47. The summed E-state index contributed by atoms with van der Waals surface area (Å²) >= 11 is 0. The summed E-state index contributed by atoms with van der Waals surface area (Å²) in [5.74, 6) is 1.19. The number of nitrogens with one attached hydrogen (secondary N) is 1. The minimum atomic E-state index is -0.0668. The van der Waals surface area contributed by atoms with Crippen molar-refractivity contribution in [2.75, 3.05) is 14.2 Å². The number of ether oxygens (including phenoxy) is 2. The van der Waals surface area contributed by atoms with Crippen molar-refractivity contribution in [1.82, 2.24) is 4.98 Å². The molecule has 0 radical (unpaired) electrons. The van der Waals surface area contributed by atoms with Gasteiger partial charge in [-0.05, 0) is 18.2 Å². The lowest BCUT2D eigenvalue weighted by Gasteiger charge is -2.11. The summed E-state index contributed by atoms with van der Waals surface area (Å²) in [5, 5.41) is 9.09. The molecule has 0 aliphatic heterocycles. The summed E-state index contributed by atoms with van der Waals surface area (Å²) in [6, 6.07) is 5.40. The summed E-state index contributed by atoms with van der Waals surface area (Å²) in [7, 11) is 3.15. The normalized spacial score (nSPS) is 10.2. The van der Waals surface area contributed by atoms with Crippen molar-refractivity contribution < 1.29 is 9.47 Å². The number of rotatable bonds is 3. The van der Waals surface area contributed by atoms with Gasteiger partial charge in [0.15, 0.2) is 11.5 Å². The van der Waals surface area contributed by atoms with E-state index in [0.717, 1.165) is 10.8 Å². The van der Waals surface area contributed by atoms with Crippen LogP contribution in [0.5, 0.6) is 11.5 Å². The number of benzene rings is 1. The summed E-state index contributed by atoms with van der Waals surface area (Å²) in [5.41, 5.74) is 5.94. The molecule has 0 amide bonds. The molecule has 0 saturated carbocycles. The Morgan fingerprint density at radius 1 is 1.18 bits per heavy atom. The number of methoxy groups -OCH3 is 2. The molecule has 0 fully saturated rings. The molecule has 3 N–H and O–H groups in total. The minimum Gasteiger partial charge on any atom is -0.493 e. The maximum Gasteiger partial charge on any atom is 0.168 e. The average Bonchev–Trinajstić information content (AvgIpc) is 2.36. The summed E-state index contributed by atoms with van der Waals surface area (Å²) in [4.78, 5) is 4.09. The van der Waals surface area contributed by atoms with Gasteiger partial charge in [-0.1, -0.05) is 0 Å². The highest BCUT2D eigenvalue weighted by Gasteiger charge is 2.12. The van der Waals surface area contributed by atoms with E-state index < -0.39 is 0 Å². The molecule has 5 nitrogen and oxygen atoms in total. The van der Waals surface area contributed by atoms with Crippen molar-refractivity contribution in [3.05, 3.63) is 30.1 Å². The first-order valence-corrected chi connectivity index (χ1v) is 5.03. The van der Waals surface area contributed by atoms with Gasteiger partial charge in [0.1, 0.15) is 11.5 Å². The van der Waals surface area contributed by atoms with Crippen LogP contribution in [0.2, 0.25) is 0 Å². The maximum absolute atomic E-state index is 7.49. The van der Waals surface area contributed by atoms with E-state index in [1.54, 1.807) is 26.5 Å². The monoisotopic (exact) mass is 231 g/mol. The number of nitrogens with zero attached hydrogens (tertiary/aromatic N) is 1. The lowest BCUT2D eigenvalue weighted by Crippen LogP contribution is -2.13. The van der Waals surface area contributed by atoms with E-state index in [4.69, 9.17) is 20.6 Å². The van der Waals surface area contributed by atoms with Crippen LogP contribution in [0.1, 0.15) is 5.69 Å². The molecule has 88 valence electrons. The molecule has 2 rings (SSSR count). The minimum absolute atomic E-state index is 0.0668. The molecule has 1 aromatic heterocycles. The van der Waals surface area contributed by atoms with Gasteiger partial charge < -0.3 is 15.2 Å². The molecule has 0 atom stereocenters. The highest BCUT2D eigenvalue weighted by molar-refractivity contribution is 6.07. The zero-order valence-corrected chi connectivity index (χ0v) is 9.65. The fourth-order valence-corrected chi connectivity index (χ4v) is 1.79. The topological polar surface area (TPSA) is 81.2 Å². The highest BCUT2D eigenvalue weighted by Crippen LogP contribution is 2.35. The smallest absolute Gasteiger partial charge is 0.168 e.